The van der Waals surface area contributed by atoms with E-state index in [1.54, 1.807) is 0 Å². The Kier molecular flexibility index (Phi) is 9.80. The van der Waals surface area contributed by atoms with Crippen LogP contribution in [0, 0.1) is 13.8 Å². The summed E-state index contributed by atoms with van der Waals surface area (Å²) >= 11 is 0. The first-order chi connectivity index (χ1) is 13.6. The number of nitrogens with two attached hydrogens (primary N) is 1. The van der Waals surface area contributed by atoms with Crippen molar-refractivity contribution in [2.45, 2.75) is 118 Å². The van der Waals surface area contributed by atoms with Gasteiger partial charge in [-0.15, -0.1) is 5.10 Å². The van der Waals surface area contributed by atoms with E-state index < -0.39 is 0 Å². The Morgan fingerprint density at radius 1 is 0.679 bits per heavy atom. The number of unbranched alkanes of at least 4 members (excludes halogenated alkanes) is 10. The third-order valence-corrected chi connectivity index (χ3v) is 6.28. The van der Waals surface area contributed by atoms with Crippen molar-refractivity contribution in [2.24, 2.45) is 0 Å². The first-order valence-electron chi connectivity index (χ1n) is 11.7. The molecule has 0 amide bonds. The van der Waals surface area contributed by atoms with Gasteiger partial charge in [0.2, 0.25) is 0 Å². The summed E-state index contributed by atoms with van der Waals surface area (Å²) in [5.74, 6) is 6.19. The van der Waals surface area contributed by atoms with Crippen LogP contribution in [0.3, 0.4) is 0 Å². The minimum Gasteiger partial charge on any atom is -0.321 e. The highest BCUT2D eigenvalue weighted by Crippen LogP contribution is 2.31. The van der Waals surface area contributed by atoms with E-state index >= 15 is 0 Å². The van der Waals surface area contributed by atoms with Gasteiger partial charge in [0, 0.05) is 0 Å². The van der Waals surface area contributed by atoms with E-state index in [1.807, 2.05) is 0 Å². The lowest BCUT2D eigenvalue weighted by molar-refractivity contribution is 0.598. The summed E-state index contributed by atoms with van der Waals surface area (Å²) < 4.78 is 0. The highest BCUT2D eigenvalue weighted by molar-refractivity contribution is 5.84. The van der Waals surface area contributed by atoms with E-state index in [2.05, 4.69) is 38.0 Å². The van der Waals surface area contributed by atoms with Crippen molar-refractivity contribution in [3.05, 3.63) is 22.3 Å². The fourth-order valence-corrected chi connectivity index (χ4v) is 4.37. The molecule has 1 heterocycles. The molecule has 2 rings (SSSR count). The lowest BCUT2D eigenvalue weighted by atomic mass is 9.89. The van der Waals surface area contributed by atoms with Crippen molar-refractivity contribution in [2.75, 3.05) is 5.84 Å². The molecule has 0 spiro atoms. The zero-order valence-electron chi connectivity index (χ0n) is 18.8. The molecule has 0 bridgehead atoms. The summed E-state index contributed by atoms with van der Waals surface area (Å²) in [5, 5.41) is 8.51. The summed E-state index contributed by atoms with van der Waals surface area (Å²) in [7, 11) is 0. The average molecular weight is 387 g/mol. The molecule has 0 aliphatic heterocycles. The van der Waals surface area contributed by atoms with Gasteiger partial charge < -0.3 is 5.84 Å². The van der Waals surface area contributed by atoms with Gasteiger partial charge in [-0.25, -0.2) is 0 Å². The summed E-state index contributed by atoms with van der Waals surface area (Å²) in [6.07, 6.45) is 18.2. The highest BCUT2D eigenvalue weighted by Gasteiger charge is 2.19. The number of benzene rings is 1. The number of aromatic nitrogens is 3. The Labute approximate surface area is 172 Å². The fourth-order valence-electron chi connectivity index (χ4n) is 4.37. The maximum atomic E-state index is 6.19. The number of hydrogen-bond donors (Lipinski definition) is 1. The molecule has 2 N–H and O–H groups in total. The summed E-state index contributed by atoms with van der Waals surface area (Å²) in [6, 6.07) is 0. The zero-order chi connectivity index (χ0) is 20.4. The maximum absolute atomic E-state index is 6.19. The number of nitrogen functional groups attached to an aromatic ring is 1. The lowest BCUT2D eigenvalue weighted by Gasteiger charge is -2.17. The van der Waals surface area contributed by atoms with Crippen LogP contribution in [0.15, 0.2) is 0 Å². The van der Waals surface area contributed by atoms with Crippen molar-refractivity contribution in [3.63, 3.8) is 0 Å². The van der Waals surface area contributed by atoms with Gasteiger partial charge >= 0.3 is 0 Å². The summed E-state index contributed by atoms with van der Waals surface area (Å²) in [5.41, 5.74) is 7.64. The molecule has 4 nitrogen and oxygen atoms in total. The monoisotopic (exact) mass is 386 g/mol. The molecule has 0 unspecified atom stereocenters. The predicted octanol–water partition coefficient (Wildman–Crippen LogP) is 6.57. The van der Waals surface area contributed by atoms with Crippen molar-refractivity contribution in [1.82, 2.24) is 15.1 Å². The average Bonchev–Trinajstić information content (AvgIpc) is 3.08. The molecule has 0 saturated carbocycles. The van der Waals surface area contributed by atoms with Crippen LogP contribution in [0.2, 0.25) is 0 Å². The van der Waals surface area contributed by atoms with Crippen LogP contribution >= 0.6 is 0 Å². The second-order valence-electron chi connectivity index (χ2n) is 8.47. The van der Waals surface area contributed by atoms with Crippen LogP contribution in [-0.2, 0) is 12.8 Å². The smallest absolute Gasteiger partial charge is 0.118 e. The van der Waals surface area contributed by atoms with Crippen LogP contribution in [0.4, 0.5) is 0 Å². The number of fused-ring (bicyclic) bond motifs is 1. The largest absolute Gasteiger partial charge is 0.321 e. The van der Waals surface area contributed by atoms with Crippen LogP contribution in [0.1, 0.15) is 113 Å². The van der Waals surface area contributed by atoms with Gasteiger partial charge in [-0.3, -0.25) is 0 Å². The van der Waals surface area contributed by atoms with Gasteiger partial charge in [0.25, 0.3) is 0 Å². The van der Waals surface area contributed by atoms with E-state index in [9.17, 15) is 0 Å². The first-order valence-corrected chi connectivity index (χ1v) is 11.7. The summed E-state index contributed by atoms with van der Waals surface area (Å²) in [4.78, 5) is 1.51. The number of rotatable bonds is 14. The maximum Gasteiger partial charge on any atom is 0.118 e. The minimum atomic E-state index is 0.993. The van der Waals surface area contributed by atoms with E-state index in [0.29, 0.717) is 0 Å². The molecule has 0 radical (unpaired) electrons. The van der Waals surface area contributed by atoms with E-state index in [0.717, 1.165) is 23.9 Å². The van der Waals surface area contributed by atoms with Crippen molar-refractivity contribution < 1.29 is 0 Å². The van der Waals surface area contributed by atoms with Gasteiger partial charge in [-0.1, -0.05) is 78.1 Å². The van der Waals surface area contributed by atoms with E-state index in [4.69, 9.17) is 5.84 Å². The Balaban J connectivity index is 2.12. The predicted molar refractivity (Wildman–Crippen MR) is 121 cm³/mol. The Morgan fingerprint density at radius 3 is 1.75 bits per heavy atom. The highest BCUT2D eigenvalue weighted by atomic mass is 15.6. The van der Waals surface area contributed by atoms with Crippen molar-refractivity contribution in [1.29, 1.82) is 0 Å². The van der Waals surface area contributed by atoms with E-state index in [1.165, 1.54) is 104 Å². The molecule has 0 aliphatic carbocycles. The minimum absolute atomic E-state index is 0.993. The van der Waals surface area contributed by atoms with E-state index in [-0.39, 0.29) is 0 Å². The standard InChI is InChI=1S/C24H42N4/c1-5-7-9-11-13-15-17-21-19(3)20(4)23-24(28(25)27-26-23)22(21)18-16-14-12-10-8-6-2/h5-18,25H2,1-4H3. The topological polar surface area (TPSA) is 56.7 Å². The van der Waals surface area contributed by atoms with Crippen molar-refractivity contribution in [3.8, 4) is 0 Å². The number of hydrogen-bond acceptors (Lipinski definition) is 3. The zero-order valence-corrected chi connectivity index (χ0v) is 18.8. The number of aryl methyl sites for hydroxylation is 2. The Hall–Kier alpha value is -1.58. The third kappa shape index (κ3) is 5.96. The Morgan fingerprint density at radius 2 is 1.18 bits per heavy atom. The second-order valence-corrected chi connectivity index (χ2v) is 8.47. The fraction of sp³-hybridized carbons (Fsp3) is 0.750. The van der Waals surface area contributed by atoms with Crippen molar-refractivity contribution >= 4 is 11.0 Å². The molecule has 4 heteroatoms. The van der Waals surface area contributed by atoms with Crippen LogP contribution < -0.4 is 5.84 Å². The molecule has 0 saturated heterocycles. The Bertz CT molecular complexity index is 717. The van der Waals surface area contributed by atoms with Crippen LogP contribution in [0.5, 0.6) is 0 Å². The second kappa shape index (κ2) is 12.1. The SMILES string of the molecule is CCCCCCCCc1c(C)c(C)c2nnn(N)c2c1CCCCCCCC. The third-order valence-electron chi connectivity index (χ3n) is 6.28. The molecule has 0 fully saturated rings. The molecule has 0 aliphatic rings. The molecule has 1 aromatic heterocycles. The quantitative estimate of drug-likeness (QED) is 0.295. The van der Waals surface area contributed by atoms with Gasteiger partial charge in [0.05, 0.1) is 0 Å². The molecule has 158 valence electrons. The molecule has 28 heavy (non-hydrogen) atoms. The normalized spacial score (nSPS) is 11.6. The van der Waals surface area contributed by atoms with Gasteiger partial charge in [0.1, 0.15) is 11.0 Å². The number of nitrogens with zero attached hydrogens (tertiary/aromatic N) is 3. The molecule has 0 atom stereocenters. The van der Waals surface area contributed by atoms with Gasteiger partial charge in [-0.2, -0.15) is 4.79 Å². The molecular formula is C24H42N4. The molecular weight excluding hydrogens is 344 g/mol. The van der Waals surface area contributed by atoms with Crippen LogP contribution in [0.25, 0.3) is 11.0 Å². The van der Waals surface area contributed by atoms with Gasteiger partial charge in [0.15, 0.2) is 0 Å². The summed E-state index contributed by atoms with van der Waals surface area (Å²) in [6.45, 7) is 8.99. The first kappa shape index (κ1) is 22.7. The van der Waals surface area contributed by atoms with Gasteiger partial charge in [-0.05, 0) is 67.0 Å². The molecule has 1 aromatic carbocycles. The van der Waals surface area contributed by atoms with Crippen LogP contribution in [-0.4, -0.2) is 15.1 Å². The molecule has 2 aromatic rings. The lowest BCUT2D eigenvalue weighted by Crippen LogP contribution is -2.13.